The Bertz CT molecular complexity index is 1610. The van der Waals surface area contributed by atoms with Gasteiger partial charge in [0.25, 0.3) is 0 Å². The lowest BCUT2D eigenvalue weighted by atomic mass is 10.1. The first-order valence-corrected chi connectivity index (χ1v) is 13.0. The molecule has 0 radical (unpaired) electrons. The Hall–Kier alpha value is -4.30. The van der Waals surface area contributed by atoms with Gasteiger partial charge in [-0.1, -0.05) is 51.8 Å². The first-order valence-electron chi connectivity index (χ1n) is 12.2. The number of allylic oxidation sites excluding steroid dienone is 7. The highest BCUT2D eigenvalue weighted by atomic mass is 32.1. The number of H-pyrrole nitrogens is 2. The van der Waals surface area contributed by atoms with Gasteiger partial charge in [0, 0.05) is 27.5 Å². The van der Waals surface area contributed by atoms with Crippen molar-refractivity contribution in [2.24, 2.45) is 5.92 Å². The summed E-state index contributed by atoms with van der Waals surface area (Å²) >= 11 is 1.07. The summed E-state index contributed by atoms with van der Waals surface area (Å²) in [7, 11) is 0. The van der Waals surface area contributed by atoms with Crippen molar-refractivity contribution >= 4 is 33.5 Å². The maximum Gasteiger partial charge on any atom is 0.176 e. The molecule has 0 saturated heterocycles. The van der Waals surface area contributed by atoms with Crippen LogP contribution in [0.15, 0.2) is 85.8 Å². The van der Waals surface area contributed by atoms with E-state index >= 15 is 0 Å². The number of thiophene rings is 1. The standard InChI is InChI=1S/C30H31FN6S/c1-8-11-22(25-14-15-26(31)38-25)27-19(7)33-30(35-27)29-28-24(36-37-29)13-12-23(34-28)20(9-2)16-21(10-3)32-18(6)17(4)5/h8-17,32H,1,3,6H2,2,4-5,7H3,(H,33,35)(H,36,37)/b20-9+,21-16+,22-11-. The fourth-order valence-electron chi connectivity index (χ4n) is 3.86. The van der Waals surface area contributed by atoms with Crippen LogP contribution in [0.25, 0.3) is 33.7 Å². The summed E-state index contributed by atoms with van der Waals surface area (Å²) in [6.07, 6.45) is 9.27. The lowest BCUT2D eigenvalue weighted by molar-refractivity contribution is 0.657. The van der Waals surface area contributed by atoms with Gasteiger partial charge in [0.15, 0.2) is 16.6 Å². The number of hydrogen-bond donors (Lipinski definition) is 3. The lowest BCUT2D eigenvalue weighted by Gasteiger charge is -2.14. The van der Waals surface area contributed by atoms with Crippen molar-refractivity contribution in [3.05, 3.63) is 113 Å². The van der Waals surface area contributed by atoms with Gasteiger partial charge in [0.05, 0.1) is 16.9 Å². The number of hydrogen-bond acceptors (Lipinski definition) is 5. The first kappa shape index (κ1) is 26.8. The number of pyridine rings is 1. The van der Waals surface area contributed by atoms with E-state index in [1.165, 1.54) is 6.07 Å². The Labute approximate surface area is 226 Å². The quantitative estimate of drug-likeness (QED) is 0.185. The van der Waals surface area contributed by atoms with Crippen molar-refractivity contribution < 1.29 is 4.39 Å². The van der Waals surface area contributed by atoms with Crippen molar-refractivity contribution in [3.8, 4) is 11.5 Å². The molecule has 0 atom stereocenters. The molecule has 4 aromatic heterocycles. The van der Waals surface area contributed by atoms with Crippen molar-refractivity contribution in [3.63, 3.8) is 0 Å². The minimum Gasteiger partial charge on any atom is -0.359 e. The molecular weight excluding hydrogens is 495 g/mol. The molecule has 6 nitrogen and oxygen atoms in total. The van der Waals surface area contributed by atoms with E-state index in [1.54, 1.807) is 18.2 Å². The normalized spacial score (nSPS) is 12.8. The van der Waals surface area contributed by atoms with Crippen LogP contribution >= 0.6 is 11.3 Å². The number of nitrogens with one attached hydrogen (secondary N) is 3. The predicted octanol–water partition coefficient (Wildman–Crippen LogP) is 7.71. The molecule has 0 aliphatic carbocycles. The van der Waals surface area contributed by atoms with E-state index in [0.29, 0.717) is 22.7 Å². The minimum atomic E-state index is -0.254. The third-order valence-electron chi connectivity index (χ3n) is 6.03. The summed E-state index contributed by atoms with van der Waals surface area (Å²) in [6.45, 7) is 19.9. The highest BCUT2D eigenvalue weighted by molar-refractivity contribution is 7.11. The van der Waals surface area contributed by atoms with Crippen LogP contribution in [0, 0.1) is 18.0 Å². The number of imidazole rings is 1. The minimum absolute atomic E-state index is 0.254. The van der Waals surface area contributed by atoms with Gasteiger partial charge in [-0.3, -0.25) is 5.10 Å². The van der Waals surface area contributed by atoms with Crippen LogP contribution in [0.5, 0.6) is 0 Å². The number of fused-ring (bicyclic) bond motifs is 1. The summed E-state index contributed by atoms with van der Waals surface area (Å²) in [5, 5.41) is 10.6. The van der Waals surface area contributed by atoms with Gasteiger partial charge in [-0.05, 0) is 61.8 Å². The van der Waals surface area contributed by atoms with Crippen molar-refractivity contribution in [1.82, 2.24) is 30.5 Å². The van der Waals surface area contributed by atoms with Gasteiger partial charge < -0.3 is 10.3 Å². The Kier molecular flexibility index (Phi) is 8.02. The number of halogens is 1. The van der Waals surface area contributed by atoms with Gasteiger partial charge in [-0.15, -0.1) is 11.3 Å². The third-order valence-corrected chi connectivity index (χ3v) is 6.94. The number of nitrogens with zero attached hydrogens (tertiary/aromatic N) is 3. The van der Waals surface area contributed by atoms with E-state index in [-0.39, 0.29) is 11.0 Å². The molecule has 0 amide bonds. The van der Waals surface area contributed by atoms with E-state index in [2.05, 4.69) is 54.1 Å². The second kappa shape index (κ2) is 11.4. The number of aromatic nitrogens is 5. The van der Waals surface area contributed by atoms with Crippen LogP contribution in [0.1, 0.15) is 42.7 Å². The third kappa shape index (κ3) is 5.50. The lowest BCUT2D eigenvalue weighted by Crippen LogP contribution is -2.14. The average Bonchev–Trinajstić information content (AvgIpc) is 3.62. The highest BCUT2D eigenvalue weighted by Crippen LogP contribution is 2.33. The fourth-order valence-corrected chi connectivity index (χ4v) is 4.62. The fraction of sp³-hybridized carbons (Fsp3) is 0.167. The van der Waals surface area contributed by atoms with Gasteiger partial charge in [-0.2, -0.15) is 9.49 Å². The zero-order valence-electron chi connectivity index (χ0n) is 22.0. The zero-order chi connectivity index (χ0) is 27.4. The Morgan fingerprint density at radius 3 is 2.58 bits per heavy atom. The zero-order valence-corrected chi connectivity index (χ0v) is 22.8. The van der Waals surface area contributed by atoms with E-state index in [9.17, 15) is 4.39 Å². The maximum atomic E-state index is 13.8. The predicted molar refractivity (Wildman–Crippen MR) is 157 cm³/mol. The molecule has 0 bridgehead atoms. The molecule has 0 unspecified atom stereocenters. The second-order valence-electron chi connectivity index (χ2n) is 9.00. The molecule has 0 fully saturated rings. The number of aryl methyl sites for hydroxylation is 1. The maximum absolute atomic E-state index is 13.8. The van der Waals surface area contributed by atoms with E-state index in [0.717, 1.165) is 55.7 Å². The SMILES string of the molecule is C=C/C=C(/c1ccc(F)s1)c1nc(-c2n[nH]c3ccc(C(/C=C(\C=C)NC(=C)C(C)C)=C/C)nc23)[nH]c1C. The molecule has 8 heteroatoms. The Balaban J connectivity index is 1.74. The van der Waals surface area contributed by atoms with Gasteiger partial charge in [0.2, 0.25) is 0 Å². The molecule has 38 heavy (non-hydrogen) atoms. The topological polar surface area (TPSA) is 82.3 Å². The summed E-state index contributed by atoms with van der Waals surface area (Å²) in [6, 6.07) is 7.10. The van der Waals surface area contributed by atoms with Gasteiger partial charge >= 0.3 is 0 Å². The monoisotopic (exact) mass is 526 g/mol. The summed E-state index contributed by atoms with van der Waals surface area (Å²) < 4.78 is 13.8. The molecule has 0 aliphatic rings. The van der Waals surface area contributed by atoms with Crippen molar-refractivity contribution in [2.45, 2.75) is 27.7 Å². The van der Waals surface area contributed by atoms with Crippen LogP contribution in [-0.4, -0.2) is 25.1 Å². The molecule has 0 aromatic carbocycles. The molecule has 4 rings (SSSR count). The first-order chi connectivity index (χ1) is 18.2. The van der Waals surface area contributed by atoms with E-state index in [1.807, 2.05) is 44.2 Å². The molecule has 0 saturated carbocycles. The van der Waals surface area contributed by atoms with Crippen LogP contribution in [0.3, 0.4) is 0 Å². The number of rotatable bonds is 10. The second-order valence-corrected chi connectivity index (χ2v) is 10.0. The molecule has 0 spiro atoms. The molecule has 0 aliphatic heterocycles. The van der Waals surface area contributed by atoms with Gasteiger partial charge in [-0.25, -0.2) is 9.97 Å². The van der Waals surface area contributed by atoms with E-state index in [4.69, 9.17) is 9.97 Å². The smallest absolute Gasteiger partial charge is 0.176 e. The van der Waals surface area contributed by atoms with Crippen molar-refractivity contribution in [1.29, 1.82) is 0 Å². The number of aromatic amines is 2. The van der Waals surface area contributed by atoms with Crippen LogP contribution in [0.4, 0.5) is 4.39 Å². The highest BCUT2D eigenvalue weighted by Gasteiger charge is 2.20. The molecule has 194 valence electrons. The van der Waals surface area contributed by atoms with E-state index < -0.39 is 0 Å². The Morgan fingerprint density at radius 2 is 1.95 bits per heavy atom. The largest absolute Gasteiger partial charge is 0.359 e. The van der Waals surface area contributed by atoms with Crippen LogP contribution in [-0.2, 0) is 0 Å². The Morgan fingerprint density at radius 1 is 1.16 bits per heavy atom. The molecule has 4 heterocycles. The molecule has 3 N–H and O–H groups in total. The molecular formula is C30H31FN6S. The summed E-state index contributed by atoms with van der Waals surface area (Å²) in [5.41, 5.74) is 7.85. The summed E-state index contributed by atoms with van der Waals surface area (Å²) in [4.78, 5) is 13.9. The summed E-state index contributed by atoms with van der Waals surface area (Å²) in [5.74, 6) is 0.859. The van der Waals surface area contributed by atoms with Crippen LogP contribution < -0.4 is 5.32 Å². The average molecular weight is 527 g/mol. The van der Waals surface area contributed by atoms with Crippen LogP contribution in [0.2, 0.25) is 0 Å². The van der Waals surface area contributed by atoms with Crippen molar-refractivity contribution in [2.75, 3.05) is 0 Å². The van der Waals surface area contributed by atoms with Gasteiger partial charge in [0.1, 0.15) is 5.52 Å². The molecule has 4 aromatic rings.